The minimum Gasteiger partial charge on any atom is -0.373 e. The Morgan fingerprint density at radius 1 is 1.57 bits per heavy atom. The summed E-state index contributed by atoms with van der Waals surface area (Å²) in [5.74, 6) is 0.213. The van der Waals surface area contributed by atoms with Crippen molar-refractivity contribution in [3.8, 4) is 0 Å². The average molecular weight is 288 g/mol. The number of hydrogen-bond acceptors (Lipinski definition) is 3. The van der Waals surface area contributed by atoms with Crippen LogP contribution in [0, 0.1) is 12.8 Å². The zero-order valence-corrected chi connectivity index (χ0v) is 12.1. The van der Waals surface area contributed by atoms with Gasteiger partial charge in [0.1, 0.15) is 5.69 Å². The number of carbonyl (C=O) groups is 1. The number of aromatic nitrogens is 3. The lowest BCUT2D eigenvalue weighted by Gasteiger charge is -2.31. The molecule has 0 unspecified atom stereocenters. The van der Waals surface area contributed by atoms with E-state index in [1.54, 1.807) is 12.4 Å². The van der Waals surface area contributed by atoms with Crippen molar-refractivity contribution >= 4 is 5.91 Å². The van der Waals surface area contributed by atoms with E-state index in [2.05, 4.69) is 20.5 Å². The summed E-state index contributed by atoms with van der Waals surface area (Å²) in [6.07, 6.45) is 7.50. The zero-order chi connectivity index (χ0) is 14.7. The van der Waals surface area contributed by atoms with Gasteiger partial charge in [-0.25, -0.2) is 0 Å². The van der Waals surface area contributed by atoms with Crippen molar-refractivity contribution in [2.75, 3.05) is 13.2 Å². The number of H-pyrrole nitrogens is 2. The predicted octanol–water partition coefficient (Wildman–Crippen LogP) is 1.94. The highest BCUT2D eigenvalue weighted by atomic mass is 16.5. The Labute approximate surface area is 123 Å². The molecule has 1 fully saturated rings. The zero-order valence-electron chi connectivity index (χ0n) is 12.1. The molecular formula is C15H20N4O2. The molecule has 1 amide bonds. The maximum absolute atomic E-state index is 12.2. The fraction of sp³-hybridized carbons (Fsp3) is 0.467. The summed E-state index contributed by atoms with van der Waals surface area (Å²) in [6.45, 7) is 3.28. The molecule has 0 spiro atoms. The van der Waals surface area contributed by atoms with Crippen LogP contribution in [0.1, 0.15) is 40.6 Å². The van der Waals surface area contributed by atoms with Crippen LogP contribution in [0.3, 0.4) is 0 Å². The first-order chi connectivity index (χ1) is 10.3. The molecule has 1 aliphatic rings. The smallest absolute Gasteiger partial charge is 0.267 e. The molecule has 6 nitrogen and oxygen atoms in total. The first-order valence-corrected chi connectivity index (χ1v) is 7.28. The van der Waals surface area contributed by atoms with Crippen molar-refractivity contribution in [2.24, 2.45) is 5.92 Å². The highest BCUT2D eigenvalue weighted by Gasteiger charge is 2.28. The molecule has 0 aromatic carbocycles. The highest BCUT2D eigenvalue weighted by Crippen LogP contribution is 2.32. The molecule has 6 heteroatoms. The third-order valence-corrected chi connectivity index (χ3v) is 4.00. The molecule has 112 valence electrons. The molecule has 21 heavy (non-hydrogen) atoms. The van der Waals surface area contributed by atoms with Gasteiger partial charge in [-0.05, 0) is 31.4 Å². The number of hydrogen-bond donors (Lipinski definition) is 3. The summed E-state index contributed by atoms with van der Waals surface area (Å²) >= 11 is 0. The van der Waals surface area contributed by atoms with Crippen molar-refractivity contribution in [3.63, 3.8) is 0 Å². The molecular weight excluding hydrogens is 268 g/mol. The van der Waals surface area contributed by atoms with Gasteiger partial charge in [0.15, 0.2) is 0 Å². The number of amides is 1. The standard InChI is InChI=1S/C15H20N4O2/c1-10-4-5-16-13(10)15(20)17-7-11-3-2-6-21-14(11)12-8-18-19-9-12/h4-5,8-9,11,14,16H,2-3,6-7H2,1H3,(H,17,20)(H,18,19)/t11-,14+/m0/s1. The van der Waals surface area contributed by atoms with E-state index in [9.17, 15) is 4.79 Å². The summed E-state index contributed by atoms with van der Waals surface area (Å²) in [7, 11) is 0. The molecule has 2 atom stereocenters. The molecule has 0 aliphatic carbocycles. The van der Waals surface area contributed by atoms with Crippen LogP contribution in [0.2, 0.25) is 0 Å². The second-order valence-corrected chi connectivity index (χ2v) is 5.47. The lowest BCUT2D eigenvalue weighted by molar-refractivity contribution is -0.0272. The SMILES string of the molecule is Cc1cc[nH]c1C(=O)NC[C@@H]1CCCO[C@H]1c1cn[nH]c1. The van der Waals surface area contributed by atoms with E-state index >= 15 is 0 Å². The molecule has 0 radical (unpaired) electrons. The Kier molecular flexibility index (Phi) is 4.06. The van der Waals surface area contributed by atoms with Crippen LogP contribution >= 0.6 is 0 Å². The average Bonchev–Trinajstić information content (AvgIpc) is 3.16. The van der Waals surface area contributed by atoms with Gasteiger partial charge >= 0.3 is 0 Å². The predicted molar refractivity (Wildman–Crippen MR) is 77.9 cm³/mol. The first kappa shape index (κ1) is 13.9. The van der Waals surface area contributed by atoms with Gasteiger partial charge in [-0.2, -0.15) is 5.10 Å². The number of ether oxygens (including phenoxy) is 1. The Hall–Kier alpha value is -2.08. The molecule has 3 heterocycles. The maximum Gasteiger partial charge on any atom is 0.267 e. The van der Waals surface area contributed by atoms with Crippen molar-refractivity contribution in [1.82, 2.24) is 20.5 Å². The van der Waals surface area contributed by atoms with E-state index in [4.69, 9.17) is 4.74 Å². The van der Waals surface area contributed by atoms with Gasteiger partial charge in [0.25, 0.3) is 5.91 Å². The molecule has 2 aromatic rings. The fourth-order valence-electron chi connectivity index (χ4n) is 2.84. The van der Waals surface area contributed by atoms with Crippen LogP contribution in [0.5, 0.6) is 0 Å². The van der Waals surface area contributed by atoms with Crippen LogP contribution in [-0.2, 0) is 4.74 Å². The molecule has 3 N–H and O–H groups in total. The molecule has 0 bridgehead atoms. The summed E-state index contributed by atoms with van der Waals surface area (Å²) in [5.41, 5.74) is 2.63. The third-order valence-electron chi connectivity index (χ3n) is 4.00. The normalized spacial score (nSPS) is 22.1. The molecule has 0 saturated carbocycles. The number of aryl methyl sites for hydroxylation is 1. The van der Waals surface area contributed by atoms with Gasteiger partial charge in [0, 0.05) is 37.0 Å². The van der Waals surface area contributed by atoms with Gasteiger partial charge in [-0.15, -0.1) is 0 Å². The van der Waals surface area contributed by atoms with Gasteiger partial charge < -0.3 is 15.0 Å². The lowest BCUT2D eigenvalue weighted by atomic mass is 9.91. The summed E-state index contributed by atoms with van der Waals surface area (Å²) in [5, 5.41) is 9.81. The van der Waals surface area contributed by atoms with Crippen LogP contribution in [0.25, 0.3) is 0 Å². The third kappa shape index (κ3) is 3.00. The van der Waals surface area contributed by atoms with Crippen LogP contribution in [0.4, 0.5) is 0 Å². The van der Waals surface area contributed by atoms with E-state index in [0.29, 0.717) is 12.2 Å². The minimum atomic E-state index is -0.0611. The molecule has 1 aliphatic heterocycles. The van der Waals surface area contributed by atoms with E-state index < -0.39 is 0 Å². The van der Waals surface area contributed by atoms with E-state index in [1.807, 2.05) is 19.2 Å². The second-order valence-electron chi connectivity index (χ2n) is 5.47. The molecule has 3 rings (SSSR count). The molecule has 2 aromatic heterocycles. The van der Waals surface area contributed by atoms with Crippen molar-refractivity contribution in [3.05, 3.63) is 41.5 Å². The Morgan fingerprint density at radius 3 is 3.19 bits per heavy atom. The highest BCUT2D eigenvalue weighted by molar-refractivity contribution is 5.93. The fourth-order valence-corrected chi connectivity index (χ4v) is 2.84. The number of carbonyl (C=O) groups excluding carboxylic acids is 1. The number of nitrogens with zero attached hydrogens (tertiary/aromatic N) is 1. The summed E-state index contributed by atoms with van der Waals surface area (Å²) < 4.78 is 5.86. The summed E-state index contributed by atoms with van der Waals surface area (Å²) in [6, 6.07) is 1.90. The van der Waals surface area contributed by atoms with Gasteiger partial charge in [-0.3, -0.25) is 9.89 Å². The van der Waals surface area contributed by atoms with Crippen molar-refractivity contribution in [2.45, 2.75) is 25.9 Å². The van der Waals surface area contributed by atoms with Gasteiger partial charge in [0.05, 0.1) is 12.3 Å². The topological polar surface area (TPSA) is 82.8 Å². The van der Waals surface area contributed by atoms with Crippen molar-refractivity contribution in [1.29, 1.82) is 0 Å². The Balaban J connectivity index is 1.63. The van der Waals surface area contributed by atoms with Gasteiger partial charge in [-0.1, -0.05) is 0 Å². The van der Waals surface area contributed by atoms with Crippen LogP contribution in [0.15, 0.2) is 24.7 Å². The molecule has 1 saturated heterocycles. The number of nitrogens with one attached hydrogen (secondary N) is 3. The largest absolute Gasteiger partial charge is 0.373 e. The van der Waals surface area contributed by atoms with E-state index in [0.717, 1.165) is 30.6 Å². The number of aromatic amines is 2. The Morgan fingerprint density at radius 2 is 2.48 bits per heavy atom. The minimum absolute atomic E-state index is 0.00235. The van der Waals surface area contributed by atoms with Crippen LogP contribution in [-0.4, -0.2) is 34.2 Å². The second kappa shape index (κ2) is 6.13. The number of rotatable bonds is 4. The van der Waals surface area contributed by atoms with E-state index in [-0.39, 0.29) is 17.9 Å². The quantitative estimate of drug-likeness (QED) is 0.804. The van der Waals surface area contributed by atoms with Crippen LogP contribution < -0.4 is 5.32 Å². The first-order valence-electron chi connectivity index (χ1n) is 7.28. The lowest BCUT2D eigenvalue weighted by Crippen LogP contribution is -2.35. The Bertz CT molecular complexity index is 591. The van der Waals surface area contributed by atoms with Crippen molar-refractivity contribution < 1.29 is 9.53 Å². The summed E-state index contributed by atoms with van der Waals surface area (Å²) in [4.78, 5) is 15.1. The monoisotopic (exact) mass is 288 g/mol. The maximum atomic E-state index is 12.2. The van der Waals surface area contributed by atoms with Gasteiger partial charge in [0.2, 0.25) is 0 Å². The van der Waals surface area contributed by atoms with E-state index in [1.165, 1.54) is 0 Å².